The first kappa shape index (κ1) is 14.1. The second-order valence-corrected chi connectivity index (χ2v) is 4.35. The van der Waals surface area contributed by atoms with Crippen molar-refractivity contribution in [3.05, 3.63) is 48.0 Å². The van der Waals surface area contributed by atoms with E-state index in [1.165, 1.54) is 0 Å². The summed E-state index contributed by atoms with van der Waals surface area (Å²) in [6.45, 7) is 0.173. The molecule has 1 aromatic carbocycles. The van der Waals surface area contributed by atoms with Crippen molar-refractivity contribution >= 4 is 5.97 Å². The van der Waals surface area contributed by atoms with E-state index in [1.54, 1.807) is 19.6 Å². The maximum Gasteiger partial charge on any atom is 0.323 e. The highest BCUT2D eigenvalue weighted by atomic mass is 16.5. The summed E-state index contributed by atoms with van der Waals surface area (Å²) in [6, 6.07) is 6.63. The van der Waals surface area contributed by atoms with Crippen LogP contribution in [0.3, 0.4) is 0 Å². The Kier molecular flexibility index (Phi) is 4.73. The van der Waals surface area contributed by atoms with Gasteiger partial charge in [0.1, 0.15) is 18.4 Å². The van der Waals surface area contributed by atoms with E-state index >= 15 is 0 Å². The zero-order chi connectivity index (χ0) is 14.4. The number of H-pyrrole nitrogens is 1. The molecule has 0 radical (unpaired) electrons. The summed E-state index contributed by atoms with van der Waals surface area (Å²) in [6.07, 6.45) is 3.55. The number of rotatable bonds is 6. The van der Waals surface area contributed by atoms with Crippen LogP contribution in [0.4, 0.5) is 0 Å². The molecule has 0 aliphatic heterocycles. The van der Waals surface area contributed by atoms with Gasteiger partial charge in [-0.25, -0.2) is 4.98 Å². The maximum atomic E-state index is 11.8. The van der Waals surface area contributed by atoms with E-state index in [0.29, 0.717) is 6.42 Å². The number of methoxy groups -OCH3 is 1. The fraction of sp³-hybridized carbons (Fsp3) is 0.286. The van der Waals surface area contributed by atoms with E-state index in [-0.39, 0.29) is 6.61 Å². The third-order valence-corrected chi connectivity index (χ3v) is 2.81. The van der Waals surface area contributed by atoms with Crippen molar-refractivity contribution in [2.75, 3.05) is 7.11 Å². The predicted octanol–water partition coefficient (Wildman–Crippen LogP) is 1.03. The van der Waals surface area contributed by atoms with Gasteiger partial charge in [-0.15, -0.1) is 0 Å². The quantitative estimate of drug-likeness (QED) is 0.768. The van der Waals surface area contributed by atoms with E-state index in [4.69, 9.17) is 15.2 Å². The third kappa shape index (κ3) is 3.83. The van der Waals surface area contributed by atoms with Gasteiger partial charge < -0.3 is 20.2 Å². The number of carbonyl (C=O) groups is 1. The number of benzene rings is 1. The van der Waals surface area contributed by atoms with Gasteiger partial charge in [0.25, 0.3) is 0 Å². The Labute approximate surface area is 116 Å². The topological polar surface area (TPSA) is 90.2 Å². The van der Waals surface area contributed by atoms with Crippen molar-refractivity contribution in [3.8, 4) is 5.75 Å². The van der Waals surface area contributed by atoms with Crippen molar-refractivity contribution in [1.82, 2.24) is 9.97 Å². The highest BCUT2D eigenvalue weighted by Crippen LogP contribution is 2.13. The van der Waals surface area contributed by atoms with Crippen molar-refractivity contribution < 1.29 is 14.3 Å². The van der Waals surface area contributed by atoms with Crippen molar-refractivity contribution in [2.24, 2.45) is 5.73 Å². The number of ether oxygens (including phenoxy) is 2. The van der Waals surface area contributed by atoms with Gasteiger partial charge in [0, 0.05) is 18.3 Å². The Morgan fingerprint density at radius 1 is 1.50 bits per heavy atom. The summed E-state index contributed by atoms with van der Waals surface area (Å²) >= 11 is 0. The molecule has 3 N–H and O–H groups in total. The number of nitrogens with one attached hydrogen (secondary N) is 1. The SMILES string of the molecule is COc1cccc(COC(=O)C(N)Cc2cnc[nH]2)c1. The fourth-order valence-corrected chi connectivity index (χ4v) is 1.74. The Morgan fingerprint density at radius 3 is 3.05 bits per heavy atom. The van der Waals surface area contributed by atoms with Crippen LogP contribution in [0.1, 0.15) is 11.3 Å². The largest absolute Gasteiger partial charge is 0.497 e. The molecule has 0 bridgehead atoms. The van der Waals surface area contributed by atoms with Gasteiger partial charge >= 0.3 is 5.97 Å². The number of imidazole rings is 1. The van der Waals surface area contributed by atoms with E-state index < -0.39 is 12.0 Å². The van der Waals surface area contributed by atoms with Crippen LogP contribution in [0, 0.1) is 0 Å². The molecule has 20 heavy (non-hydrogen) atoms. The Hall–Kier alpha value is -2.34. The number of aromatic nitrogens is 2. The van der Waals surface area contributed by atoms with Gasteiger partial charge in [-0.2, -0.15) is 0 Å². The highest BCUT2D eigenvalue weighted by Gasteiger charge is 2.16. The van der Waals surface area contributed by atoms with E-state index in [9.17, 15) is 4.79 Å². The summed E-state index contributed by atoms with van der Waals surface area (Å²) in [7, 11) is 1.59. The molecule has 2 aromatic rings. The van der Waals surface area contributed by atoms with Gasteiger partial charge in [0.2, 0.25) is 0 Å². The molecule has 0 aliphatic rings. The van der Waals surface area contributed by atoms with Gasteiger partial charge in [-0.3, -0.25) is 4.79 Å². The number of carbonyl (C=O) groups excluding carboxylic acids is 1. The minimum absolute atomic E-state index is 0.173. The molecule has 1 atom stereocenters. The monoisotopic (exact) mass is 275 g/mol. The molecule has 0 fully saturated rings. The minimum atomic E-state index is -0.707. The van der Waals surface area contributed by atoms with Gasteiger partial charge in [-0.05, 0) is 17.7 Å². The second kappa shape index (κ2) is 6.72. The summed E-state index contributed by atoms with van der Waals surface area (Å²) < 4.78 is 10.3. The molecule has 6 heteroatoms. The minimum Gasteiger partial charge on any atom is -0.497 e. The van der Waals surface area contributed by atoms with E-state index in [1.807, 2.05) is 24.3 Å². The first-order valence-electron chi connectivity index (χ1n) is 6.21. The Morgan fingerprint density at radius 2 is 2.35 bits per heavy atom. The molecular weight excluding hydrogens is 258 g/mol. The summed E-state index contributed by atoms with van der Waals surface area (Å²) in [5.74, 6) is 0.280. The predicted molar refractivity (Wildman–Crippen MR) is 73.1 cm³/mol. The molecule has 0 amide bonds. The molecule has 1 aromatic heterocycles. The Bertz CT molecular complexity index is 555. The van der Waals surface area contributed by atoms with Crippen LogP contribution in [0.25, 0.3) is 0 Å². The van der Waals surface area contributed by atoms with Crippen molar-refractivity contribution in [3.63, 3.8) is 0 Å². The molecule has 1 heterocycles. The van der Waals surface area contributed by atoms with Crippen molar-refractivity contribution in [1.29, 1.82) is 0 Å². The van der Waals surface area contributed by atoms with Crippen LogP contribution in [0.2, 0.25) is 0 Å². The fourth-order valence-electron chi connectivity index (χ4n) is 1.74. The van der Waals surface area contributed by atoms with Gasteiger partial charge in [0.15, 0.2) is 0 Å². The summed E-state index contributed by atoms with van der Waals surface area (Å²) in [5, 5.41) is 0. The maximum absolute atomic E-state index is 11.8. The highest BCUT2D eigenvalue weighted by molar-refractivity contribution is 5.75. The third-order valence-electron chi connectivity index (χ3n) is 2.81. The number of nitrogens with zero attached hydrogens (tertiary/aromatic N) is 1. The number of aromatic amines is 1. The standard InChI is InChI=1S/C14H17N3O3/c1-19-12-4-2-3-10(5-12)8-20-14(18)13(15)6-11-7-16-9-17-11/h2-5,7,9,13H,6,8,15H2,1H3,(H,16,17). The summed E-state index contributed by atoms with van der Waals surface area (Å²) in [5.41, 5.74) is 7.44. The number of esters is 1. The normalized spacial score (nSPS) is 11.9. The van der Waals surface area contributed by atoms with Crippen molar-refractivity contribution in [2.45, 2.75) is 19.1 Å². The van der Waals surface area contributed by atoms with Gasteiger partial charge in [-0.1, -0.05) is 12.1 Å². The summed E-state index contributed by atoms with van der Waals surface area (Å²) in [4.78, 5) is 18.6. The second-order valence-electron chi connectivity index (χ2n) is 4.35. The van der Waals surface area contributed by atoms with E-state index in [2.05, 4.69) is 9.97 Å². The van der Waals surface area contributed by atoms with Gasteiger partial charge in [0.05, 0.1) is 13.4 Å². The lowest BCUT2D eigenvalue weighted by Crippen LogP contribution is -2.34. The average Bonchev–Trinajstić information content (AvgIpc) is 2.97. The number of hydrogen-bond acceptors (Lipinski definition) is 5. The first-order valence-corrected chi connectivity index (χ1v) is 6.21. The Balaban J connectivity index is 1.84. The average molecular weight is 275 g/mol. The molecule has 1 unspecified atom stereocenters. The molecule has 2 rings (SSSR count). The van der Waals surface area contributed by atoms with E-state index in [0.717, 1.165) is 17.0 Å². The lowest BCUT2D eigenvalue weighted by molar-refractivity contribution is -0.146. The first-order chi connectivity index (χ1) is 9.69. The number of nitrogens with two attached hydrogens (primary N) is 1. The molecule has 0 saturated heterocycles. The molecular formula is C14H17N3O3. The van der Waals surface area contributed by atoms with Crippen LogP contribution in [0.5, 0.6) is 5.75 Å². The van der Waals surface area contributed by atoms with Crippen LogP contribution < -0.4 is 10.5 Å². The smallest absolute Gasteiger partial charge is 0.323 e. The molecule has 0 aliphatic carbocycles. The number of hydrogen-bond donors (Lipinski definition) is 2. The van der Waals surface area contributed by atoms with Crippen LogP contribution in [-0.4, -0.2) is 29.1 Å². The van der Waals surface area contributed by atoms with Crippen LogP contribution in [0.15, 0.2) is 36.8 Å². The zero-order valence-electron chi connectivity index (χ0n) is 11.2. The molecule has 0 saturated carbocycles. The van der Waals surface area contributed by atoms with Crippen LogP contribution in [-0.2, 0) is 22.6 Å². The zero-order valence-corrected chi connectivity index (χ0v) is 11.2. The lowest BCUT2D eigenvalue weighted by Gasteiger charge is -2.11. The molecule has 0 spiro atoms. The molecule has 106 valence electrons. The lowest BCUT2D eigenvalue weighted by atomic mass is 10.2. The molecule has 6 nitrogen and oxygen atoms in total. The van der Waals surface area contributed by atoms with Crippen LogP contribution >= 0.6 is 0 Å².